The molecule has 2 rings (SSSR count). The van der Waals surface area contributed by atoms with Crippen LogP contribution in [0, 0.1) is 0 Å². The first-order valence-corrected chi connectivity index (χ1v) is 7.44. The molecule has 1 aliphatic rings. The molecule has 0 bridgehead atoms. The largest absolute Gasteiger partial charge is 0.394 e. The van der Waals surface area contributed by atoms with Gasteiger partial charge in [-0.3, -0.25) is 4.79 Å². The van der Waals surface area contributed by atoms with E-state index in [1.165, 1.54) is 0 Å². The Kier molecular flexibility index (Phi) is 5.73. The first-order chi connectivity index (χ1) is 10.1. The average Bonchev–Trinajstić information content (AvgIpc) is 2.54. The fourth-order valence-electron chi connectivity index (χ4n) is 2.51. The molecule has 1 aliphatic heterocycles. The number of aliphatic hydroxyl groups is 1. The van der Waals surface area contributed by atoms with Crippen LogP contribution in [0.4, 0.5) is 0 Å². The number of hydrogen-bond acceptors (Lipinski definition) is 4. The maximum absolute atomic E-state index is 12.1. The summed E-state index contributed by atoms with van der Waals surface area (Å²) in [5, 5.41) is 15.8. The summed E-state index contributed by atoms with van der Waals surface area (Å²) in [6.45, 7) is 3.56. The van der Waals surface area contributed by atoms with Gasteiger partial charge >= 0.3 is 0 Å². The van der Waals surface area contributed by atoms with Crippen molar-refractivity contribution in [3.05, 3.63) is 35.9 Å². The maximum Gasteiger partial charge on any atom is 0.246 e. The van der Waals surface area contributed by atoms with E-state index >= 15 is 0 Å². The van der Waals surface area contributed by atoms with Crippen LogP contribution < -0.4 is 10.6 Å². The molecule has 0 spiro atoms. The average molecular weight is 292 g/mol. The van der Waals surface area contributed by atoms with Crippen LogP contribution in [0.3, 0.4) is 0 Å². The Bertz CT molecular complexity index is 446. The third-order valence-corrected chi connectivity index (χ3v) is 3.88. The van der Waals surface area contributed by atoms with E-state index in [-0.39, 0.29) is 25.2 Å². The summed E-state index contributed by atoms with van der Waals surface area (Å²) in [4.78, 5) is 12.1. The molecule has 1 fully saturated rings. The predicted octanol–water partition coefficient (Wildman–Crippen LogP) is 0.779. The molecule has 1 saturated heterocycles. The molecule has 0 saturated carbocycles. The molecule has 21 heavy (non-hydrogen) atoms. The van der Waals surface area contributed by atoms with Crippen molar-refractivity contribution < 1.29 is 14.6 Å². The Morgan fingerprint density at radius 1 is 1.38 bits per heavy atom. The summed E-state index contributed by atoms with van der Waals surface area (Å²) in [6.07, 6.45) is 2.01. The maximum atomic E-state index is 12.1. The third kappa shape index (κ3) is 4.52. The lowest BCUT2D eigenvalue weighted by Gasteiger charge is -2.30. The minimum Gasteiger partial charge on any atom is -0.394 e. The number of aliphatic hydroxyl groups excluding tert-OH is 1. The van der Waals surface area contributed by atoms with Crippen LogP contribution in [-0.4, -0.2) is 43.4 Å². The van der Waals surface area contributed by atoms with Gasteiger partial charge in [-0.05, 0) is 38.4 Å². The van der Waals surface area contributed by atoms with E-state index in [1.807, 2.05) is 37.3 Å². The van der Waals surface area contributed by atoms with E-state index < -0.39 is 5.54 Å². The molecule has 0 aromatic heterocycles. The third-order valence-electron chi connectivity index (χ3n) is 3.88. The van der Waals surface area contributed by atoms with Gasteiger partial charge in [-0.15, -0.1) is 0 Å². The van der Waals surface area contributed by atoms with Crippen molar-refractivity contribution in [2.24, 2.45) is 0 Å². The molecular weight excluding hydrogens is 268 g/mol. The predicted molar refractivity (Wildman–Crippen MR) is 80.9 cm³/mol. The Morgan fingerprint density at radius 2 is 2.05 bits per heavy atom. The zero-order valence-electron chi connectivity index (χ0n) is 12.5. The fourth-order valence-corrected chi connectivity index (χ4v) is 2.51. The van der Waals surface area contributed by atoms with Gasteiger partial charge in [-0.2, -0.15) is 0 Å². The molecule has 1 aromatic carbocycles. The molecule has 116 valence electrons. The van der Waals surface area contributed by atoms with Gasteiger partial charge in [0.05, 0.1) is 18.2 Å². The summed E-state index contributed by atoms with van der Waals surface area (Å²) in [6, 6.07) is 9.47. The van der Waals surface area contributed by atoms with Crippen molar-refractivity contribution in [1.29, 1.82) is 0 Å². The normalized spacial score (nSPS) is 19.0. The Hall–Kier alpha value is -1.43. The van der Waals surface area contributed by atoms with Crippen molar-refractivity contribution in [2.45, 2.75) is 31.4 Å². The van der Waals surface area contributed by atoms with Gasteiger partial charge < -0.3 is 20.5 Å². The summed E-state index contributed by atoms with van der Waals surface area (Å²) < 4.78 is 5.64. The fraction of sp³-hybridized carbons (Fsp3) is 0.562. The second-order valence-corrected chi connectivity index (χ2v) is 5.66. The minimum atomic E-state index is -0.782. The van der Waals surface area contributed by atoms with Crippen molar-refractivity contribution in [2.75, 3.05) is 26.3 Å². The van der Waals surface area contributed by atoms with E-state index in [9.17, 15) is 9.90 Å². The SMILES string of the molecule is CC(CO)(NC(=O)COC1CCNCC1)c1ccccc1. The number of nitrogens with one attached hydrogen (secondary N) is 2. The number of carbonyl (C=O) groups excluding carboxylic acids is 1. The number of rotatable bonds is 6. The highest BCUT2D eigenvalue weighted by Gasteiger charge is 2.28. The van der Waals surface area contributed by atoms with Gasteiger partial charge in [-0.1, -0.05) is 30.3 Å². The van der Waals surface area contributed by atoms with Crippen LogP contribution in [-0.2, 0) is 15.1 Å². The quantitative estimate of drug-likeness (QED) is 0.724. The van der Waals surface area contributed by atoms with Crippen molar-refractivity contribution in [3.63, 3.8) is 0 Å². The van der Waals surface area contributed by atoms with Crippen molar-refractivity contribution in [3.8, 4) is 0 Å². The lowest BCUT2D eigenvalue weighted by Crippen LogP contribution is -2.48. The van der Waals surface area contributed by atoms with Crippen LogP contribution in [0.2, 0.25) is 0 Å². The zero-order chi connectivity index (χ0) is 15.1. The summed E-state index contributed by atoms with van der Waals surface area (Å²) in [7, 11) is 0. The minimum absolute atomic E-state index is 0.0348. The Morgan fingerprint density at radius 3 is 2.67 bits per heavy atom. The molecule has 5 heteroatoms. The molecule has 1 amide bonds. The van der Waals surface area contributed by atoms with E-state index in [4.69, 9.17) is 4.74 Å². The van der Waals surface area contributed by atoms with Crippen LogP contribution in [0.15, 0.2) is 30.3 Å². The van der Waals surface area contributed by atoms with E-state index in [0.29, 0.717) is 0 Å². The monoisotopic (exact) mass is 292 g/mol. The van der Waals surface area contributed by atoms with Gasteiger partial charge in [0.2, 0.25) is 5.91 Å². The van der Waals surface area contributed by atoms with Crippen molar-refractivity contribution >= 4 is 5.91 Å². The molecular formula is C16H24N2O3. The summed E-state index contributed by atoms with van der Waals surface area (Å²) in [5.41, 5.74) is 0.0956. The summed E-state index contributed by atoms with van der Waals surface area (Å²) >= 11 is 0. The molecule has 3 N–H and O–H groups in total. The van der Waals surface area contributed by atoms with Gasteiger partial charge in [0, 0.05) is 0 Å². The van der Waals surface area contributed by atoms with Gasteiger partial charge in [0.15, 0.2) is 0 Å². The number of amides is 1. The number of carbonyl (C=O) groups is 1. The first-order valence-electron chi connectivity index (χ1n) is 7.44. The Balaban J connectivity index is 1.87. The van der Waals surface area contributed by atoms with E-state index in [2.05, 4.69) is 10.6 Å². The standard InChI is InChI=1S/C16H24N2O3/c1-16(12-19,13-5-3-2-4-6-13)18-15(20)11-21-14-7-9-17-10-8-14/h2-6,14,17,19H,7-12H2,1H3,(H,18,20). The highest BCUT2D eigenvalue weighted by Crippen LogP contribution is 2.19. The smallest absolute Gasteiger partial charge is 0.246 e. The molecule has 1 unspecified atom stereocenters. The molecule has 0 aliphatic carbocycles. The second-order valence-electron chi connectivity index (χ2n) is 5.66. The molecule has 1 heterocycles. The molecule has 5 nitrogen and oxygen atoms in total. The summed E-state index contributed by atoms with van der Waals surface area (Å²) in [5.74, 6) is -0.200. The van der Waals surface area contributed by atoms with Crippen LogP contribution in [0.25, 0.3) is 0 Å². The van der Waals surface area contributed by atoms with Gasteiger partial charge in [0.1, 0.15) is 6.61 Å². The van der Waals surface area contributed by atoms with E-state index in [0.717, 1.165) is 31.5 Å². The molecule has 1 aromatic rings. The Labute approximate surface area is 125 Å². The zero-order valence-corrected chi connectivity index (χ0v) is 12.5. The number of ether oxygens (including phenoxy) is 1. The topological polar surface area (TPSA) is 70.6 Å². The van der Waals surface area contributed by atoms with Gasteiger partial charge in [-0.25, -0.2) is 0 Å². The van der Waals surface area contributed by atoms with Crippen LogP contribution in [0.1, 0.15) is 25.3 Å². The first kappa shape index (κ1) is 15.9. The molecule has 0 radical (unpaired) electrons. The number of benzene rings is 1. The lowest BCUT2D eigenvalue weighted by atomic mass is 9.93. The molecule has 1 atom stereocenters. The van der Waals surface area contributed by atoms with E-state index in [1.54, 1.807) is 0 Å². The second kappa shape index (κ2) is 7.54. The van der Waals surface area contributed by atoms with Crippen molar-refractivity contribution in [1.82, 2.24) is 10.6 Å². The number of piperidine rings is 1. The van der Waals surface area contributed by atoms with Crippen LogP contribution >= 0.6 is 0 Å². The lowest BCUT2D eigenvalue weighted by molar-refractivity contribution is -0.130. The highest BCUT2D eigenvalue weighted by atomic mass is 16.5. The number of hydrogen-bond donors (Lipinski definition) is 3. The van der Waals surface area contributed by atoms with Crippen LogP contribution in [0.5, 0.6) is 0 Å². The van der Waals surface area contributed by atoms with Gasteiger partial charge in [0.25, 0.3) is 0 Å². The highest BCUT2D eigenvalue weighted by molar-refractivity contribution is 5.78.